The molecule has 0 radical (unpaired) electrons. The fourth-order valence-electron chi connectivity index (χ4n) is 4.13. The molecule has 1 aromatic rings. The Kier molecular flexibility index (Phi) is 5.61. The van der Waals surface area contributed by atoms with E-state index in [0.29, 0.717) is 13.0 Å². The van der Waals surface area contributed by atoms with Crippen molar-refractivity contribution in [3.63, 3.8) is 0 Å². The average Bonchev–Trinajstić information content (AvgIpc) is 2.56. The third-order valence-corrected chi connectivity index (χ3v) is 5.59. The van der Waals surface area contributed by atoms with Crippen LogP contribution in [0.4, 0.5) is 5.69 Å². The number of amides is 2. The summed E-state index contributed by atoms with van der Waals surface area (Å²) in [4.78, 5) is 28.9. The molecule has 5 heteroatoms. The van der Waals surface area contributed by atoms with Crippen molar-refractivity contribution in [2.24, 2.45) is 5.73 Å². The Bertz CT molecular complexity index is 623. The number of carbonyl (C=O) groups is 2. The molecule has 136 valence electrons. The molecule has 2 aliphatic heterocycles. The Balaban J connectivity index is 1.77. The molecule has 2 N–H and O–H groups in total. The summed E-state index contributed by atoms with van der Waals surface area (Å²) in [5, 5.41) is 0. The first-order valence-electron chi connectivity index (χ1n) is 9.50. The van der Waals surface area contributed by atoms with Crippen LogP contribution in [-0.4, -0.2) is 42.4 Å². The standard InChI is InChI=1S/C20H29N3O2/c1-15-13-17(20(21)25)16-9-5-6-10-18(16)23(15)14-19(24)22-11-7-3-2-4-8-12-22/h5-6,9-10,15,17H,2-4,7-8,11-14H2,1H3,(H2,21,25)/t15-,17-/m1/s1. The molecule has 0 spiro atoms. The van der Waals surface area contributed by atoms with E-state index < -0.39 is 0 Å². The van der Waals surface area contributed by atoms with Crippen LogP contribution in [0.5, 0.6) is 0 Å². The number of hydrogen-bond acceptors (Lipinski definition) is 3. The Morgan fingerprint density at radius 2 is 1.72 bits per heavy atom. The summed E-state index contributed by atoms with van der Waals surface area (Å²) in [7, 11) is 0. The molecule has 5 nitrogen and oxygen atoms in total. The molecule has 1 aromatic carbocycles. The SMILES string of the molecule is C[C@@H]1C[C@@H](C(N)=O)c2ccccc2N1CC(=O)N1CCCCCCC1. The quantitative estimate of drug-likeness (QED) is 0.917. The van der Waals surface area contributed by atoms with Gasteiger partial charge in [0.25, 0.3) is 0 Å². The van der Waals surface area contributed by atoms with Gasteiger partial charge in [0.05, 0.1) is 12.5 Å². The van der Waals surface area contributed by atoms with Crippen LogP contribution in [0.15, 0.2) is 24.3 Å². The van der Waals surface area contributed by atoms with E-state index in [-0.39, 0.29) is 23.8 Å². The normalized spacial score (nSPS) is 24.2. The van der Waals surface area contributed by atoms with Gasteiger partial charge >= 0.3 is 0 Å². The number of nitrogens with zero attached hydrogens (tertiary/aromatic N) is 2. The minimum Gasteiger partial charge on any atom is -0.369 e. The fraction of sp³-hybridized carbons (Fsp3) is 0.600. The summed E-state index contributed by atoms with van der Waals surface area (Å²) < 4.78 is 0. The van der Waals surface area contributed by atoms with E-state index in [9.17, 15) is 9.59 Å². The Hall–Kier alpha value is -2.04. The van der Waals surface area contributed by atoms with Gasteiger partial charge in [0.2, 0.25) is 11.8 Å². The molecule has 25 heavy (non-hydrogen) atoms. The van der Waals surface area contributed by atoms with Crippen LogP contribution >= 0.6 is 0 Å². The van der Waals surface area contributed by atoms with Crippen molar-refractivity contribution in [2.45, 2.75) is 57.4 Å². The molecule has 1 fully saturated rings. The smallest absolute Gasteiger partial charge is 0.242 e. The third kappa shape index (κ3) is 3.97. The van der Waals surface area contributed by atoms with E-state index in [0.717, 1.165) is 37.2 Å². The molecule has 0 bridgehead atoms. The maximum absolute atomic E-state index is 12.9. The first-order valence-corrected chi connectivity index (χ1v) is 9.50. The molecule has 2 atom stereocenters. The minimum absolute atomic E-state index is 0.117. The highest BCUT2D eigenvalue weighted by Crippen LogP contribution is 2.38. The Morgan fingerprint density at radius 1 is 1.08 bits per heavy atom. The molecule has 0 saturated carbocycles. The Morgan fingerprint density at radius 3 is 2.40 bits per heavy atom. The lowest BCUT2D eigenvalue weighted by Gasteiger charge is -2.40. The maximum atomic E-state index is 12.9. The first kappa shape index (κ1) is 17.8. The number of primary amides is 1. The zero-order chi connectivity index (χ0) is 17.8. The third-order valence-electron chi connectivity index (χ3n) is 5.59. The number of rotatable bonds is 3. The summed E-state index contributed by atoms with van der Waals surface area (Å²) in [6.45, 7) is 4.19. The maximum Gasteiger partial charge on any atom is 0.242 e. The fourth-order valence-corrected chi connectivity index (χ4v) is 4.13. The van der Waals surface area contributed by atoms with E-state index in [1.165, 1.54) is 19.3 Å². The van der Waals surface area contributed by atoms with E-state index >= 15 is 0 Å². The zero-order valence-electron chi connectivity index (χ0n) is 15.1. The molecular formula is C20H29N3O2. The van der Waals surface area contributed by atoms with Crippen molar-refractivity contribution in [3.8, 4) is 0 Å². The van der Waals surface area contributed by atoms with Crippen molar-refractivity contribution < 1.29 is 9.59 Å². The number of para-hydroxylation sites is 1. The molecular weight excluding hydrogens is 314 g/mol. The second-order valence-electron chi connectivity index (χ2n) is 7.37. The molecule has 0 unspecified atom stereocenters. The second kappa shape index (κ2) is 7.89. The van der Waals surface area contributed by atoms with Gasteiger partial charge in [-0.1, -0.05) is 37.5 Å². The molecule has 3 rings (SSSR count). The summed E-state index contributed by atoms with van der Waals surface area (Å²) in [5.41, 5.74) is 7.54. The van der Waals surface area contributed by atoms with Crippen molar-refractivity contribution in [3.05, 3.63) is 29.8 Å². The van der Waals surface area contributed by atoms with Crippen LogP contribution in [-0.2, 0) is 9.59 Å². The molecule has 2 aliphatic rings. The topological polar surface area (TPSA) is 66.6 Å². The number of benzene rings is 1. The molecule has 2 amide bonds. The van der Waals surface area contributed by atoms with E-state index in [1.54, 1.807) is 0 Å². The van der Waals surface area contributed by atoms with Crippen LogP contribution in [0, 0.1) is 0 Å². The van der Waals surface area contributed by atoms with Crippen LogP contribution in [0.2, 0.25) is 0 Å². The molecule has 0 aliphatic carbocycles. The van der Waals surface area contributed by atoms with E-state index in [4.69, 9.17) is 5.73 Å². The molecule has 2 heterocycles. The minimum atomic E-state index is -0.283. The predicted octanol–water partition coefficient (Wildman–Crippen LogP) is 2.65. The Labute approximate surface area is 150 Å². The number of nitrogens with two attached hydrogens (primary N) is 1. The number of likely N-dealkylation sites (tertiary alicyclic amines) is 1. The van der Waals surface area contributed by atoms with Crippen LogP contribution in [0.1, 0.15) is 56.9 Å². The van der Waals surface area contributed by atoms with Crippen molar-refractivity contribution in [2.75, 3.05) is 24.5 Å². The van der Waals surface area contributed by atoms with Gasteiger partial charge in [0, 0.05) is 24.8 Å². The number of hydrogen-bond donors (Lipinski definition) is 1. The van der Waals surface area contributed by atoms with Gasteiger partial charge < -0.3 is 15.5 Å². The van der Waals surface area contributed by atoms with Crippen LogP contribution in [0.3, 0.4) is 0 Å². The number of anilines is 1. The highest BCUT2D eigenvalue weighted by molar-refractivity contribution is 5.87. The highest BCUT2D eigenvalue weighted by Gasteiger charge is 2.34. The summed E-state index contributed by atoms with van der Waals surface area (Å²) in [6.07, 6.45) is 6.58. The lowest BCUT2D eigenvalue weighted by atomic mass is 9.85. The number of carbonyl (C=O) groups excluding carboxylic acids is 2. The summed E-state index contributed by atoms with van der Waals surface area (Å²) in [5.74, 6) is -0.352. The van der Waals surface area contributed by atoms with Gasteiger partial charge in [0.15, 0.2) is 0 Å². The van der Waals surface area contributed by atoms with Gasteiger partial charge in [-0.2, -0.15) is 0 Å². The van der Waals surface area contributed by atoms with Gasteiger partial charge in [-0.15, -0.1) is 0 Å². The van der Waals surface area contributed by atoms with Crippen molar-refractivity contribution >= 4 is 17.5 Å². The lowest BCUT2D eigenvalue weighted by Crippen LogP contribution is -2.48. The van der Waals surface area contributed by atoms with Gasteiger partial charge in [0.1, 0.15) is 0 Å². The van der Waals surface area contributed by atoms with E-state index in [2.05, 4.69) is 11.8 Å². The van der Waals surface area contributed by atoms with Gasteiger partial charge in [-0.05, 0) is 37.8 Å². The first-order chi connectivity index (χ1) is 12.1. The van der Waals surface area contributed by atoms with Crippen molar-refractivity contribution in [1.82, 2.24) is 4.90 Å². The van der Waals surface area contributed by atoms with Crippen LogP contribution < -0.4 is 10.6 Å². The van der Waals surface area contributed by atoms with Gasteiger partial charge in [-0.25, -0.2) is 0 Å². The summed E-state index contributed by atoms with van der Waals surface area (Å²) >= 11 is 0. The van der Waals surface area contributed by atoms with Crippen molar-refractivity contribution in [1.29, 1.82) is 0 Å². The monoisotopic (exact) mass is 343 g/mol. The van der Waals surface area contributed by atoms with E-state index in [1.807, 2.05) is 29.2 Å². The van der Waals surface area contributed by atoms with Gasteiger partial charge in [-0.3, -0.25) is 9.59 Å². The lowest BCUT2D eigenvalue weighted by molar-refractivity contribution is -0.130. The number of fused-ring (bicyclic) bond motifs is 1. The second-order valence-corrected chi connectivity index (χ2v) is 7.37. The highest BCUT2D eigenvalue weighted by atomic mass is 16.2. The molecule has 0 aromatic heterocycles. The summed E-state index contributed by atoms with van der Waals surface area (Å²) in [6, 6.07) is 7.98. The largest absolute Gasteiger partial charge is 0.369 e. The van der Waals surface area contributed by atoms with Crippen LogP contribution in [0.25, 0.3) is 0 Å². The average molecular weight is 343 g/mol. The predicted molar refractivity (Wildman–Crippen MR) is 99.5 cm³/mol. The molecule has 1 saturated heterocycles. The zero-order valence-corrected chi connectivity index (χ0v) is 15.1.